The molecule has 3 aromatic rings. The van der Waals surface area contributed by atoms with E-state index in [1.165, 1.54) is 5.01 Å². The van der Waals surface area contributed by atoms with E-state index in [-0.39, 0.29) is 18.1 Å². The average Bonchev–Trinajstić information content (AvgIpc) is 3.21. The number of carbonyl (C=O) groups is 3. The maximum atomic E-state index is 12.8. The fraction of sp³-hybridized carbons (Fsp3) is 0.136. The van der Waals surface area contributed by atoms with Gasteiger partial charge in [0.15, 0.2) is 0 Å². The minimum Gasteiger partial charge on any atom is -0.465 e. The van der Waals surface area contributed by atoms with E-state index >= 15 is 0 Å². The molecule has 1 N–H and O–H groups in total. The highest BCUT2D eigenvalue weighted by molar-refractivity contribution is 6.32. The molecule has 1 aromatic heterocycles. The van der Waals surface area contributed by atoms with Crippen molar-refractivity contribution in [3.8, 4) is 0 Å². The molecule has 0 saturated carbocycles. The number of rotatable bonds is 5. The van der Waals surface area contributed by atoms with Crippen LogP contribution >= 0.6 is 0 Å². The lowest BCUT2D eigenvalue weighted by Gasteiger charge is -2.13. The SMILES string of the molecule is CCOC(=O)Cn1cc(C=C2C(=O)NN(c3ccccc3)C2=O)c2ccccc21. The maximum absolute atomic E-state index is 12.8. The minimum atomic E-state index is -0.471. The Bertz CT molecular complexity index is 1130. The molecule has 0 atom stereocenters. The molecule has 7 nitrogen and oxygen atoms in total. The smallest absolute Gasteiger partial charge is 0.325 e. The molecule has 1 saturated heterocycles. The van der Waals surface area contributed by atoms with E-state index < -0.39 is 11.8 Å². The molecular weight excluding hydrogens is 370 g/mol. The Hall–Kier alpha value is -3.87. The largest absolute Gasteiger partial charge is 0.465 e. The number of hydrogen-bond acceptors (Lipinski definition) is 4. The van der Waals surface area contributed by atoms with E-state index in [9.17, 15) is 14.4 Å². The van der Waals surface area contributed by atoms with Gasteiger partial charge in [-0.25, -0.2) is 5.01 Å². The first-order valence-electron chi connectivity index (χ1n) is 9.24. The van der Waals surface area contributed by atoms with E-state index in [0.717, 1.165) is 10.9 Å². The number of ether oxygens (including phenoxy) is 1. The van der Waals surface area contributed by atoms with Gasteiger partial charge in [-0.3, -0.25) is 19.8 Å². The van der Waals surface area contributed by atoms with Crippen LogP contribution in [0.15, 0.2) is 66.4 Å². The number of carbonyl (C=O) groups excluding carboxylic acids is 3. The number of hydrogen-bond donors (Lipinski definition) is 1. The lowest BCUT2D eigenvalue weighted by atomic mass is 10.1. The summed E-state index contributed by atoms with van der Waals surface area (Å²) in [5, 5.41) is 2.06. The number of nitrogens with one attached hydrogen (secondary N) is 1. The molecule has 2 amide bonds. The van der Waals surface area contributed by atoms with Crippen LogP contribution in [-0.2, 0) is 25.7 Å². The summed E-state index contributed by atoms with van der Waals surface area (Å²) in [6.45, 7) is 2.11. The number of benzene rings is 2. The van der Waals surface area contributed by atoms with Crippen molar-refractivity contribution in [1.29, 1.82) is 0 Å². The van der Waals surface area contributed by atoms with Gasteiger partial charge in [0.1, 0.15) is 12.1 Å². The number of fused-ring (bicyclic) bond motifs is 1. The summed E-state index contributed by atoms with van der Waals surface area (Å²) in [4.78, 5) is 37.2. The number of para-hydroxylation sites is 2. The van der Waals surface area contributed by atoms with Crippen molar-refractivity contribution in [2.45, 2.75) is 13.5 Å². The molecule has 1 aliphatic rings. The summed E-state index contributed by atoms with van der Waals surface area (Å²) >= 11 is 0. The van der Waals surface area contributed by atoms with Gasteiger partial charge in [0.05, 0.1) is 12.3 Å². The van der Waals surface area contributed by atoms with Crippen molar-refractivity contribution in [2.24, 2.45) is 0 Å². The van der Waals surface area contributed by atoms with E-state index in [1.807, 2.05) is 30.3 Å². The Labute approximate surface area is 167 Å². The molecule has 2 aromatic carbocycles. The number of amides is 2. The van der Waals surface area contributed by atoms with Gasteiger partial charge < -0.3 is 9.30 Å². The summed E-state index contributed by atoms with van der Waals surface area (Å²) in [7, 11) is 0. The van der Waals surface area contributed by atoms with Gasteiger partial charge in [0.25, 0.3) is 11.8 Å². The molecular formula is C22H19N3O4. The Morgan fingerprint density at radius 2 is 1.79 bits per heavy atom. The van der Waals surface area contributed by atoms with Gasteiger partial charge in [0, 0.05) is 22.7 Å². The van der Waals surface area contributed by atoms with Crippen LogP contribution in [-0.4, -0.2) is 29.0 Å². The zero-order valence-corrected chi connectivity index (χ0v) is 15.8. The summed E-state index contributed by atoms with van der Waals surface area (Å²) in [5.41, 5.74) is 4.70. The standard InChI is InChI=1S/C22H19N3O4/c1-2-29-20(26)14-24-13-15(17-10-6-7-11-19(17)24)12-18-21(27)23-25(22(18)28)16-8-4-3-5-9-16/h3-13H,2,14H2,1H3,(H,23,27). The molecule has 0 radical (unpaired) electrons. The minimum absolute atomic E-state index is 0.0351. The second-order valence-corrected chi connectivity index (χ2v) is 6.51. The van der Waals surface area contributed by atoms with Crippen molar-refractivity contribution < 1.29 is 19.1 Å². The first-order valence-corrected chi connectivity index (χ1v) is 9.24. The zero-order chi connectivity index (χ0) is 20.4. The van der Waals surface area contributed by atoms with Crippen LogP contribution < -0.4 is 10.4 Å². The fourth-order valence-electron chi connectivity index (χ4n) is 3.34. The monoisotopic (exact) mass is 389 g/mol. The van der Waals surface area contributed by atoms with Crippen molar-refractivity contribution in [3.63, 3.8) is 0 Å². The van der Waals surface area contributed by atoms with Crippen molar-refractivity contribution >= 4 is 40.4 Å². The van der Waals surface area contributed by atoms with E-state index in [1.54, 1.807) is 48.0 Å². The van der Waals surface area contributed by atoms with Gasteiger partial charge >= 0.3 is 5.97 Å². The molecule has 2 heterocycles. The molecule has 7 heteroatoms. The topological polar surface area (TPSA) is 80.6 Å². The Balaban J connectivity index is 1.72. The van der Waals surface area contributed by atoms with Crippen LogP contribution in [0.4, 0.5) is 5.69 Å². The molecule has 146 valence electrons. The van der Waals surface area contributed by atoms with Crippen molar-refractivity contribution in [2.75, 3.05) is 11.6 Å². The number of esters is 1. The van der Waals surface area contributed by atoms with E-state index in [0.29, 0.717) is 17.9 Å². The molecule has 0 unspecified atom stereocenters. The summed E-state index contributed by atoms with van der Waals surface area (Å²) in [6.07, 6.45) is 3.31. The van der Waals surface area contributed by atoms with E-state index in [4.69, 9.17) is 4.74 Å². The first-order chi connectivity index (χ1) is 14.1. The third kappa shape index (κ3) is 3.50. The predicted molar refractivity (Wildman–Crippen MR) is 109 cm³/mol. The average molecular weight is 389 g/mol. The third-order valence-electron chi connectivity index (χ3n) is 4.63. The Kier molecular flexibility index (Phi) is 4.87. The molecule has 1 aliphatic heterocycles. The van der Waals surface area contributed by atoms with E-state index in [2.05, 4.69) is 5.43 Å². The van der Waals surface area contributed by atoms with Crippen LogP contribution in [0.25, 0.3) is 17.0 Å². The highest BCUT2D eigenvalue weighted by atomic mass is 16.5. The Morgan fingerprint density at radius 1 is 1.07 bits per heavy atom. The van der Waals surface area contributed by atoms with Gasteiger partial charge in [-0.2, -0.15) is 0 Å². The normalized spacial score (nSPS) is 15.2. The highest BCUT2D eigenvalue weighted by Crippen LogP contribution is 2.26. The van der Waals surface area contributed by atoms with Crippen LogP contribution in [0.2, 0.25) is 0 Å². The van der Waals surface area contributed by atoms with Crippen molar-refractivity contribution in [1.82, 2.24) is 9.99 Å². The quantitative estimate of drug-likeness (QED) is 0.413. The molecule has 0 bridgehead atoms. The van der Waals surface area contributed by atoms with Crippen molar-refractivity contribution in [3.05, 3.63) is 71.9 Å². The van der Waals surface area contributed by atoms with Gasteiger partial charge in [0.2, 0.25) is 0 Å². The molecule has 0 spiro atoms. The Morgan fingerprint density at radius 3 is 2.55 bits per heavy atom. The predicted octanol–water partition coefficient (Wildman–Crippen LogP) is 2.67. The number of nitrogens with zero attached hydrogens (tertiary/aromatic N) is 2. The maximum Gasteiger partial charge on any atom is 0.325 e. The molecule has 0 aliphatic carbocycles. The summed E-state index contributed by atoms with van der Waals surface area (Å²) < 4.78 is 6.79. The zero-order valence-electron chi connectivity index (χ0n) is 15.8. The third-order valence-corrected chi connectivity index (χ3v) is 4.63. The van der Waals surface area contributed by atoms with Crippen LogP contribution in [0.1, 0.15) is 12.5 Å². The van der Waals surface area contributed by atoms with Crippen LogP contribution in [0.3, 0.4) is 0 Å². The number of aromatic nitrogens is 1. The number of hydrazine groups is 1. The molecule has 29 heavy (non-hydrogen) atoms. The lowest BCUT2D eigenvalue weighted by Crippen LogP contribution is -2.35. The first kappa shape index (κ1) is 18.5. The summed E-state index contributed by atoms with van der Waals surface area (Å²) in [5.74, 6) is -1.25. The van der Waals surface area contributed by atoms with Gasteiger partial charge in [-0.05, 0) is 31.2 Å². The van der Waals surface area contributed by atoms with Gasteiger partial charge in [-0.1, -0.05) is 36.4 Å². The number of anilines is 1. The van der Waals surface area contributed by atoms with Crippen LogP contribution in [0.5, 0.6) is 0 Å². The second kappa shape index (κ2) is 7.63. The molecule has 4 rings (SSSR count). The summed E-state index contributed by atoms with van der Waals surface area (Å²) in [6, 6.07) is 16.4. The van der Waals surface area contributed by atoms with Crippen LogP contribution in [0, 0.1) is 0 Å². The second-order valence-electron chi connectivity index (χ2n) is 6.51. The lowest BCUT2D eigenvalue weighted by molar-refractivity contribution is -0.143. The molecule has 1 fully saturated rings. The highest BCUT2D eigenvalue weighted by Gasteiger charge is 2.34. The van der Waals surface area contributed by atoms with Gasteiger partial charge in [-0.15, -0.1) is 0 Å². The fourth-order valence-corrected chi connectivity index (χ4v) is 3.34.